The predicted octanol–water partition coefficient (Wildman–Crippen LogP) is 4.67. The fraction of sp³-hybridized carbons (Fsp3) is 0.444. The average molecular weight is 475 g/mol. The molecule has 0 amide bonds. The fourth-order valence-corrected chi connectivity index (χ4v) is 5.09. The Morgan fingerprint density at radius 2 is 1.91 bits per heavy atom. The first kappa shape index (κ1) is 22.2. The molecule has 8 heteroatoms. The lowest BCUT2D eigenvalue weighted by atomic mass is 9.80. The lowest BCUT2D eigenvalue weighted by molar-refractivity contribution is 0.311. The number of likely N-dealkylation sites (N-methyl/N-ethyl adjacent to an activating group) is 1. The number of rotatable bonds is 5. The molecular weight excluding hydrogens is 443 g/mol. The number of piperazine rings is 1. The van der Waals surface area contributed by atoms with Gasteiger partial charge in [-0.15, -0.1) is 0 Å². The molecule has 1 N–H and O–H groups in total. The Hall–Kier alpha value is -3.26. The minimum absolute atomic E-state index is 0.128. The first-order valence-electron chi connectivity index (χ1n) is 12.5. The van der Waals surface area contributed by atoms with Gasteiger partial charge in [-0.25, -0.2) is 4.39 Å². The van der Waals surface area contributed by atoms with Gasteiger partial charge in [0.15, 0.2) is 11.6 Å². The fourth-order valence-electron chi connectivity index (χ4n) is 5.09. The topological polar surface area (TPSA) is 65.9 Å². The summed E-state index contributed by atoms with van der Waals surface area (Å²) in [4.78, 5) is 18.4. The molecule has 1 aromatic heterocycles. The van der Waals surface area contributed by atoms with Gasteiger partial charge in [-0.05, 0) is 62.4 Å². The molecule has 1 saturated heterocycles. The van der Waals surface area contributed by atoms with Crippen molar-refractivity contribution >= 4 is 23.5 Å². The van der Waals surface area contributed by atoms with E-state index in [-0.39, 0.29) is 17.6 Å². The van der Waals surface area contributed by atoms with Crippen LogP contribution in [0.3, 0.4) is 0 Å². The van der Waals surface area contributed by atoms with E-state index in [0.717, 1.165) is 61.9 Å². The van der Waals surface area contributed by atoms with Gasteiger partial charge < -0.3 is 19.9 Å². The van der Waals surface area contributed by atoms with Crippen LogP contribution in [0.15, 0.2) is 40.4 Å². The van der Waals surface area contributed by atoms with Crippen LogP contribution >= 0.6 is 0 Å². The van der Waals surface area contributed by atoms with Gasteiger partial charge >= 0.3 is 6.01 Å². The van der Waals surface area contributed by atoms with Crippen LogP contribution in [0.1, 0.15) is 37.3 Å². The molecule has 2 fully saturated rings. The van der Waals surface area contributed by atoms with E-state index in [1.165, 1.54) is 24.8 Å². The minimum Gasteiger partial charge on any atom is -0.421 e. The van der Waals surface area contributed by atoms with Gasteiger partial charge in [0, 0.05) is 37.8 Å². The molecule has 7 nitrogen and oxygen atoms in total. The molecule has 1 saturated carbocycles. The van der Waals surface area contributed by atoms with E-state index < -0.39 is 0 Å². The molecule has 182 valence electrons. The number of anilines is 2. The molecule has 1 aromatic carbocycles. The maximum atomic E-state index is 15.2. The van der Waals surface area contributed by atoms with Gasteiger partial charge in [-0.3, -0.25) is 4.99 Å². The van der Waals surface area contributed by atoms with Gasteiger partial charge in [-0.2, -0.15) is 9.97 Å². The highest BCUT2D eigenvalue weighted by Gasteiger charge is 2.25. The van der Waals surface area contributed by atoms with Gasteiger partial charge in [0.05, 0.1) is 6.54 Å². The minimum atomic E-state index is -0.365. The summed E-state index contributed by atoms with van der Waals surface area (Å²) in [6.45, 7) is 6.38. The molecule has 0 spiro atoms. The van der Waals surface area contributed by atoms with Crippen molar-refractivity contribution in [3.63, 3.8) is 0 Å². The van der Waals surface area contributed by atoms with Crippen LogP contribution in [0.25, 0.3) is 6.08 Å². The number of hydrogen-bond donors (Lipinski definition) is 1. The summed E-state index contributed by atoms with van der Waals surface area (Å²) in [5, 5.41) is 3.35. The predicted molar refractivity (Wildman–Crippen MR) is 137 cm³/mol. The summed E-state index contributed by atoms with van der Waals surface area (Å²) in [6.07, 6.45) is 8.63. The van der Waals surface area contributed by atoms with Crippen LogP contribution < -0.4 is 15.0 Å². The van der Waals surface area contributed by atoms with Crippen molar-refractivity contribution in [1.82, 2.24) is 14.9 Å². The Kier molecular flexibility index (Phi) is 5.76. The highest BCUT2D eigenvalue weighted by Crippen LogP contribution is 2.36. The Balaban J connectivity index is 1.29. The van der Waals surface area contributed by atoms with Crippen molar-refractivity contribution in [3.05, 3.63) is 52.4 Å². The number of halogens is 1. The Labute approximate surface area is 205 Å². The third-order valence-corrected chi connectivity index (χ3v) is 7.46. The molecule has 2 aromatic rings. The summed E-state index contributed by atoms with van der Waals surface area (Å²) < 4.78 is 21.2. The van der Waals surface area contributed by atoms with Crippen LogP contribution in [0.4, 0.5) is 16.0 Å². The van der Waals surface area contributed by atoms with Crippen LogP contribution in [-0.4, -0.2) is 60.5 Å². The second-order valence-corrected chi connectivity index (χ2v) is 10.1. The third kappa shape index (κ3) is 4.55. The molecule has 0 unspecified atom stereocenters. The lowest BCUT2D eigenvalue weighted by Crippen LogP contribution is -2.44. The summed E-state index contributed by atoms with van der Waals surface area (Å²) in [5.74, 6) is 2.63. The quantitative estimate of drug-likeness (QED) is 0.680. The van der Waals surface area contributed by atoms with Gasteiger partial charge in [0.1, 0.15) is 17.5 Å². The monoisotopic (exact) mass is 474 g/mol. The number of amidine groups is 1. The van der Waals surface area contributed by atoms with Crippen molar-refractivity contribution in [1.29, 1.82) is 0 Å². The highest BCUT2D eigenvalue weighted by atomic mass is 19.1. The van der Waals surface area contributed by atoms with E-state index in [2.05, 4.69) is 43.2 Å². The summed E-state index contributed by atoms with van der Waals surface area (Å²) >= 11 is 0. The largest absolute Gasteiger partial charge is 0.421 e. The molecule has 4 aliphatic rings. The Morgan fingerprint density at radius 3 is 2.69 bits per heavy atom. The number of benzene rings is 1. The van der Waals surface area contributed by atoms with E-state index in [4.69, 9.17) is 4.74 Å². The molecule has 0 radical (unpaired) electrons. The number of aromatic nitrogens is 2. The Morgan fingerprint density at radius 1 is 1.09 bits per heavy atom. The zero-order valence-electron chi connectivity index (χ0n) is 20.4. The van der Waals surface area contributed by atoms with E-state index in [1.54, 1.807) is 6.07 Å². The van der Waals surface area contributed by atoms with Crippen LogP contribution in [-0.2, 0) is 6.42 Å². The number of hydrogen-bond acceptors (Lipinski definition) is 7. The number of nitrogens with one attached hydrogen (secondary N) is 1. The zero-order valence-corrected chi connectivity index (χ0v) is 20.4. The van der Waals surface area contributed by atoms with Crippen molar-refractivity contribution < 1.29 is 9.13 Å². The molecule has 2 aliphatic carbocycles. The van der Waals surface area contributed by atoms with Crippen molar-refractivity contribution in [2.75, 3.05) is 50.0 Å². The molecule has 3 heterocycles. The summed E-state index contributed by atoms with van der Waals surface area (Å²) in [7, 11) is 2.12. The number of nitrogens with zero attached hydrogens (tertiary/aromatic N) is 5. The third-order valence-electron chi connectivity index (χ3n) is 7.46. The standard InChI is InChI=1S/C27H31FN6O/c1-17-12-19-6-7-22(26(28)21(19)13-17)35-27-31-24(15-25(32-27)34-10-8-33(2)9-11-34)30-23-14-20(16-29-23)18-4-3-5-18/h6-7,13-15,18H,3-5,8-12,16H2,1-2H3,(H,29,30,31,32). The molecule has 2 aliphatic heterocycles. The smallest absolute Gasteiger partial charge is 0.326 e. The first-order chi connectivity index (χ1) is 17.0. The molecular formula is C27H31FN6O. The maximum absolute atomic E-state index is 15.2. The maximum Gasteiger partial charge on any atom is 0.326 e. The summed E-state index contributed by atoms with van der Waals surface area (Å²) in [5.41, 5.74) is 4.12. The SMILES string of the molecule is CC1=Cc2c(ccc(Oc3nc(NC4=NCC(C5CCC5)=C4)cc(N4CCN(C)CC4)n3)c2F)C1. The number of allylic oxidation sites excluding steroid dienone is 1. The molecule has 6 rings (SSSR count). The van der Waals surface area contributed by atoms with Crippen molar-refractivity contribution in [2.45, 2.75) is 32.6 Å². The van der Waals surface area contributed by atoms with E-state index in [9.17, 15) is 0 Å². The van der Waals surface area contributed by atoms with E-state index in [0.29, 0.717) is 17.3 Å². The second kappa shape index (κ2) is 9.07. The van der Waals surface area contributed by atoms with Crippen LogP contribution in [0, 0.1) is 11.7 Å². The van der Waals surface area contributed by atoms with E-state index in [1.807, 2.05) is 25.1 Å². The zero-order chi connectivity index (χ0) is 23.9. The number of aliphatic imine (C=N–C) groups is 1. The summed E-state index contributed by atoms with van der Waals surface area (Å²) in [6, 6.07) is 5.66. The van der Waals surface area contributed by atoms with Crippen LogP contribution in [0.5, 0.6) is 11.8 Å². The Bertz CT molecular complexity index is 1240. The van der Waals surface area contributed by atoms with E-state index >= 15 is 4.39 Å². The first-order valence-corrected chi connectivity index (χ1v) is 12.5. The normalized spacial score (nSPS) is 20.2. The highest BCUT2D eigenvalue weighted by molar-refractivity contribution is 6.05. The number of ether oxygens (including phenoxy) is 1. The van der Waals surface area contributed by atoms with Crippen molar-refractivity contribution in [3.8, 4) is 11.8 Å². The van der Waals surface area contributed by atoms with Gasteiger partial charge in [0.2, 0.25) is 0 Å². The lowest BCUT2D eigenvalue weighted by Gasteiger charge is -2.33. The van der Waals surface area contributed by atoms with Crippen LogP contribution in [0.2, 0.25) is 0 Å². The van der Waals surface area contributed by atoms with Crippen molar-refractivity contribution in [2.24, 2.45) is 10.9 Å². The number of fused-ring (bicyclic) bond motifs is 1. The molecule has 35 heavy (non-hydrogen) atoms. The van der Waals surface area contributed by atoms with Gasteiger partial charge in [-0.1, -0.05) is 24.1 Å². The van der Waals surface area contributed by atoms with Gasteiger partial charge in [0.25, 0.3) is 0 Å². The molecule has 0 bridgehead atoms. The molecule has 0 atom stereocenters. The second-order valence-electron chi connectivity index (χ2n) is 10.1. The average Bonchev–Trinajstić information content (AvgIpc) is 3.41.